The summed E-state index contributed by atoms with van der Waals surface area (Å²) in [6, 6.07) is 0.354. The van der Waals surface area contributed by atoms with Gasteiger partial charge in [-0.3, -0.25) is 9.69 Å². The lowest BCUT2D eigenvalue weighted by molar-refractivity contribution is -0.135. The summed E-state index contributed by atoms with van der Waals surface area (Å²) in [4.78, 5) is 22.0. The number of rotatable bonds is 6. The van der Waals surface area contributed by atoms with E-state index in [1.807, 2.05) is 5.38 Å². The Morgan fingerprint density at radius 1 is 1.38 bits per heavy atom. The Morgan fingerprint density at radius 2 is 2.21 bits per heavy atom. The molecule has 1 aromatic rings. The number of hydrogen-bond acceptors (Lipinski definition) is 6. The predicted octanol–water partition coefficient (Wildman–Crippen LogP) is 2.51. The van der Waals surface area contributed by atoms with E-state index in [1.165, 1.54) is 6.42 Å². The Morgan fingerprint density at radius 3 is 3.00 bits per heavy atom. The molecule has 1 amide bonds. The largest absolute Gasteiger partial charge is 0.379 e. The molecule has 7 heteroatoms. The highest BCUT2D eigenvalue weighted by Crippen LogP contribution is 2.24. The molecule has 1 aromatic heterocycles. The average molecular weight is 370 g/mol. The molecule has 3 heterocycles. The second-order valence-electron chi connectivity index (χ2n) is 6.36. The molecule has 2 fully saturated rings. The molecule has 24 heavy (non-hydrogen) atoms. The van der Waals surface area contributed by atoms with Crippen LogP contribution in [0.2, 0.25) is 0 Å². The van der Waals surface area contributed by atoms with Gasteiger partial charge < -0.3 is 9.64 Å². The number of carbonyl (C=O) groups excluding carboxylic acids is 1. The summed E-state index contributed by atoms with van der Waals surface area (Å²) >= 11 is 3.40. The second kappa shape index (κ2) is 9.17. The van der Waals surface area contributed by atoms with Gasteiger partial charge in [-0.05, 0) is 25.0 Å². The van der Waals surface area contributed by atoms with E-state index in [4.69, 9.17) is 4.74 Å². The van der Waals surface area contributed by atoms with Crippen LogP contribution in [-0.4, -0.2) is 71.9 Å². The van der Waals surface area contributed by atoms with Gasteiger partial charge in [0.15, 0.2) is 0 Å². The third-order valence-corrected chi connectivity index (χ3v) is 6.60. The van der Waals surface area contributed by atoms with Crippen molar-refractivity contribution in [1.82, 2.24) is 14.8 Å². The second-order valence-corrected chi connectivity index (χ2v) is 8.73. The molecule has 0 spiro atoms. The summed E-state index contributed by atoms with van der Waals surface area (Å²) in [5.74, 6) is 1.26. The molecule has 2 aliphatic heterocycles. The zero-order valence-electron chi connectivity index (χ0n) is 14.4. The molecule has 3 rings (SSSR count). The minimum absolute atomic E-state index is 0.242. The number of hydrogen-bond donors (Lipinski definition) is 0. The van der Waals surface area contributed by atoms with E-state index in [1.54, 1.807) is 23.1 Å². The third-order valence-electron chi connectivity index (χ3n) is 4.65. The van der Waals surface area contributed by atoms with Crippen LogP contribution < -0.4 is 0 Å². The number of likely N-dealkylation sites (tertiary alicyclic amines) is 1. The molecule has 134 valence electrons. The fourth-order valence-electron chi connectivity index (χ4n) is 3.42. The number of thioether (sulfide) groups is 1. The molecule has 0 radical (unpaired) electrons. The first-order chi connectivity index (χ1) is 11.8. The van der Waals surface area contributed by atoms with E-state index >= 15 is 0 Å². The number of amides is 1. The summed E-state index contributed by atoms with van der Waals surface area (Å²) in [6.45, 7) is 7.62. The maximum Gasteiger partial charge on any atom is 0.228 e. The fraction of sp³-hybridized carbons (Fsp3) is 0.765. The summed E-state index contributed by atoms with van der Waals surface area (Å²) in [7, 11) is 0. The summed E-state index contributed by atoms with van der Waals surface area (Å²) in [5.41, 5.74) is 0.927. The standard InChI is InChI=1S/C17H27N3O2S2/c1-2-23-17-18-14(13-24-17)11-16(21)20-6-4-3-5-15(20)12-19-7-9-22-10-8-19/h13,15H,2-12H2,1H3. The molecule has 0 saturated carbocycles. The van der Waals surface area contributed by atoms with Gasteiger partial charge in [0, 0.05) is 37.6 Å². The van der Waals surface area contributed by atoms with Crippen LogP contribution in [0.4, 0.5) is 0 Å². The number of piperidine rings is 1. The van der Waals surface area contributed by atoms with Gasteiger partial charge in [-0.15, -0.1) is 11.3 Å². The van der Waals surface area contributed by atoms with Crippen LogP contribution >= 0.6 is 23.1 Å². The van der Waals surface area contributed by atoms with Gasteiger partial charge >= 0.3 is 0 Å². The van der Waals surface area contributed by atoms with Crippen LogP contribution in [0.5, 0.6) is 0 Å². The van der Waals surface area contributed by atoms with Crippen molar-refractivity contribution < 1.29 is 9.53 Å². The van der Waals surface area contributed by atoms with Gasteiger partial charge in [0.2, 0.25) is 5.91 Å². The molecular weight excluding hydrogens is 342 g/mol. The van der Waals surface area contributed by atoms with E-state index in [0.717, 1.165) is 68.0 Å². The molecule has 1 unspecified atom stereocenters. The number of thiazole rings is 1. The molecule has 0 N–H and O–H groups in total. The summed E-state index contributed by atoms with van der Waals surface area (Å²) < 4.78 is 6.51. The lowest BCUT2D eigenvalue weighted by atomic mass is 10.0. The lowest BCUT2D eigenvalue weighted by Crippen LogP contribution is -2.51. The Hall–Kier alpha value is -0.630. The van der Waals surface area contributed by atoms with E-state index in [0.29, 0.717) is 12.5 Å². The van der Waals surface area contributed by atoms with Crippen molar-refractivity contribution in [2.24, 2.45) is 0 Å². The maximum atomic E-state index is 12.8. The van der Waals surface area contributed by atoms with Gasteiger partial charge in [0.1, 0.15) is 4.34 Å². The van der Waals surface area contributed by atoms with Crippen LogP contribution in [-0.2, 0) is 16.0 Å². The van der Waals surface area contributed by atoms with Gasteiger partial charge in [-0.1, -0.05) is 18.7 Å². The Labute approximate surface area is 152 Å². The van der Waals surface area contributed by atoms with E-state index in [-0.39, 0.29) is 5.91 Å². The number of morpholine rings is 1. The first-order valence-corrected chi connectivity index (χ1v) is 10.8. The van der Waals surface area contributed by atoms with Gasteiger partial charge in [0.25, 0.3) is 0 Å². The van der Waals surface area contributed by atoms with E-state index in [2.05, 4.69) is 21.7 Å². The van der Waals surface area contributed by atoms with Crippen LogP contribution in [0.15, 0.2) is 9.72 Å². The lowest BCUT2D eigenvalue weighted by Gasteiger charge is -2.39. The first kappa shape index (κ1) is 18.2. The SMILES string of the molecule is CCSc1nc(CC(=O)N2CCCCC2CN2CCOCC2)cs1. The topological polar surface area (TPSA) is 45.7 Å². The zero-order chi connectivity index (χ0) is 16.8. The van der Waals surface area contributed by atoms with E-state index in [9.17, 15) is 4.79 Å². The third kappa shape index (κ3) is 4.94. The van der Waals surface area contributed by atoms with Crippen molar-refractivity contribution >= 4 is 29.0 Å². The van der Waals surface area contributed by atoms with Gasteiger partial charge in [-0.25, -0.2) is 4.98 Å². The Kier molecular flexibility index (Phi) is 6.95. The van der Waals surface area contributed by atoms with Crippen LogP contribution in [0.3, 0.4) is 0 Å². The first-order valence-electron chi connectivity index (χ1n) is 8.93. The van der Waals surface area contributed by atoms with Crippen LogP contribution in [0.25, 0.3) is 0 Å². The number of ether oxygens (including phenoxy) is 1. The Balaban J connectivity index is 1.57. The zero-order valence-corrected chi connectivity index (χ0v) is 16.0. The monoisotopic (exact) mass is 369 g/mol. The predicted molar refractivity (Wildman–Crippen MR) is 98.8 cm³/mol. The minimum atomic E-state index is 0.242. The highest BCUT2D eigenvalue weighted by Gasteiger charge is 2.29. The van der Waals surface area contributed by atoms with E-state index < -0.39 is 0 Å². The fourth-order valence-corrected chi connectivity index (χ4v) is 5.16. The van der Waals surface area contributed by atoms with Gasteiger partial charge in [0.05, 0.1) is 25.3 Å². The van der Waals surface area contributed by atoms with Crippen molar-refractivity contribution in [3.63, 3.8) is 0 Å². The average Bonchev–Trinajstić information content (AvgIpc) is 3.03. The molecular formula is C17H27N3O2S2. The maximum absolute atomic E-state index is 12.8. The van der Waals surface area contributed by atoms with Crippen molar-refractivity contribution in [1.29, 1.82) is 0 Å². The number of nitrogens with zero attached hydrogens (tertiary/aromatic N) is 3. The molecule has 0 aromatic carbocycles. The molecule has 0 bridgehead atoms. The molecule has 0 aliphatic carbocycles. The molecule has 5 nitrogen and oxygen atoms in total. The number of aromatic nitrogens is 1. The molecule has 2 aliphatic rings. The van der Waals surface area contributed by atoms with Crippen molar-refractivity contribution in [3.8, 4) is 0 Å². The summed E-state index contributed by atoms with van der Waals surface area (Å²) in [6.07, 6.45) is 3.92. The molecule has 2 saturated heterocycles. The Bertz CT molecular complexity index is 532. The van der Waals surface area contributed by atoms with Crippen molar-refractivity contribution in [3.05, 3.63) is 11.1 Å². The highest BCUT2D eigenvalue weighted by molar-refractivity contribution is 8.00. The van der Waals surface area contributed by atoms with Gasteiger partial charge in [-0.2, -0.15) is 0 Å². The summed E-state index contributed by atoms with van der Waals surface area (Å²) in [5, 5.41) is 2.04. The smallest absolute Gasteiger partial charge is 0.228 e. The van der Waals surface area contributed by atoms with Crippen molar-refractivity contribution in [2.45, 2.75) is 43.0 Å². The number of carbonyl (C=O) groups is 1. The normalized spacial score (nSPS) is 22.7. The quantitative estimate of drug-likeness (QED) is 0.721. The van der Waals surface area contributed by atoms with Crippen LogP contribution in [0, 0.1) is 0 Å². The van der Waals surface area contributed by atoms with Crippen LogP contribution in [0.1, 0.15) is 31.9 Å². The minimum Gasteiger partial charge on any atom is -0.379 e. The highest BCUT2D eigenvalue weighted by atomic mass is 32.2. The van der Waals surface area contributed by atoms with Crippen molar-refractivity contribution in [2.75, 3.05) is 45.1 Å². The molecule has 1 atom stereocenters.